The first kappa shape index (κ1) is 14.9. The highest BCUT2D eigenvalue weighted by Gasteiger charge is 2.37. The van der Waals surface area contributed by atoms with Crippen LogP contribution in [0.15, 0.2) is 18.2 Å². The smallest absolute Gasteiger partial charge is 0.220 e. The van der Waals surface area contributed by atoms with Gasteiger partial charge in [0.25, 0.3) is 0 Å². The first-order valence-electron chi connectivity index (χ1n) is 6.95. The van der Waals surface area contributed by atoms with Gasteiger partial charge in [-0.05, 0) is 48.9 Å². The van der Waals surface area contributed by atoms with Crippen LogP contribution in [0.2, 0.25) is 0 Å². The van der Waals surface area contributed by atoms with Crippen molar-refractivity contribution < 1.29 is 13.6 Å². The summed E-state index contributed by atoms with van der Waals surface area (Å²) in [4.78, 5) is 11.8. The molecule has 0 heterocycles. The second-order valence-electron chi connectivity index (χ2n) is 5.61. The first-order valence-corrected chi connectivity index (χ1v) is 6.95. The Morgan fingerprint density at radius 1 is 1.25 bits per heavy atom. The predicted molar refractivity (Wildman–Crippen MR) is 73.0 cm³/mol. The highest BCUT2D eigenvalue weighted by atomic mass is 19.1. The summed E-state index contributed by atoms with van der Waals surface area (Å²) in [6.07, 6.45) is 4.00. The number of rotatable bonds is 6. The minimum absolute atomic E-state index is 0.0188. The van der Waals surface area contributed by atoms with Crippen molar-refractivity contribution in [3.63, 3.8) is 0 Å². The van der Waals surface area contributed by atoms with Crippen LogP contribution in [-0.2, 0) is 11.2 Å². The van der Waals surface area contributed by atoms with Crippen LogP contribution in [0.25, 0.3) is 0 Å². The summed E-state index contributed by atoms with van der Waals surface area (Å²) < 4.78 is 26.0. The van der Waals surface area contributed by atoms with Crippen molar-refractivity contribution in [1.29, 1.82) is 0 Å². The molecule has 0 saturated heterocycles. The molecule has 2 rings (SSSR count). The van der Waals surface area contributed by atoms with Crippen molar-refractivity contribution in [2.75, 3.05) is 13.1 Å². The zero-order valence-electron chi connectivity index (χ0n) is 11.4. The fraction of sp³-hybridized carbons (Fsp3) is 0.533. The predicted octanol–water partition coefficient (Wildman–Crippen LogP) is 2.14. The van der Waals surface area contributed by atoms with Gasteiger partial charge >= 0.3 is 0 Å². The van der Waals surface area contributed by atoms with Crippen LogP contribution in [0.4, 0.5) is 8.78 Å². The Morgan fingerprint density at radius 2 is 1.90 bits per heavy atom. The molecule has 1 aromatic rings. The molecule has 0 aromatic heterocycles. The fourth-order valence-corrected chi connectivity index (χ4v) is 2.63. The van der Waals surface area contributed by atoms with E-state index < -0.39 is 11.6 Å². The highest BCUT2D eigenvalue weighted by molar-refractivity contribution is 5.76. The van der Waals surface area contributed by atoms with Gasteiger partial charge in [0, 0.05) is 19.0 Å². The minimum Gasteiger partial charge on any atom is -0.356 e. The molecule has 20 heavy (non-hydrogen) atoms. The average molecular weight is 282 g/mol. The zero-order valence-corrected chi connectivity index (χ0v) is 11.4. The summed E-state index contributed by atoms with van der Waals surface area (Å²) in [6.45, 7) is 0.915. The molecule has 3 nitrogen and oxygen atoms in total. The number of nitrogens with two attached hydrogens (primary N) is 1. The number of nitrogens with one attached hydrogen (secondary N) is 1. The standard InChI is InChI=1S/C15H20F2N2O/c16-12-6-11(7-13(17)8-12)2-5-19-14(20)9-15(10-18)3-1-4-15/h6-8H,1-5,9-10,18H2,(H,19,20). The van der Waals surface area contributed by atoms with Crippen LogP contribution in [0.3, 0.4) is 0 Å². The van der Waals surface area contributed by atoms with Gasteiger partial charge in [-0.25, -0.2) is 8.78 Å². The lowest BCUT2D eigenvalue weighted by molar-refractivity contribution is -0.124. The van der Waals surface area contributed by atoms with Crippen LogP contribution in [-0.4, -0.2) is 19.0 Å². The minimum atomic E-state index is -0.595. The molecule has 110 valence electrons. The third-order valence-corrected chi connectivity index (χ3v) is 4.04. The molecule has 3 N–H and O–H groups in total. The molecular weight excluding hydrogens is 262 g/mol. The number of carbonyl (C=O) groups is 1. The Bertz CT molecular complexity index is 461. The van der Waals surface area contributed by atoms with Gasteiger partial charge in [0.2, 0.25) is 5.91 Å². The Balaban J connectivity index is 1.76. The average Bonchev–Trinajstić information content (AvgIpc) is 2.32. The fourth-order valence-electron chi connectivity index (χ4n) is 2.63. The second kappa shape index (κ2) is 6.31. The van der Waals surface area contributed by atoms with Crippen LogP contribution >= 0.6 is 0 Å². The van der Waals surface area contributed by atoms with Crippen LogP contribution in [0.5, 0.6) is 0 Å². The molecule has 0 spiro atoms. The maximum atomic E-state index is 13.0. The zero-order chi connectivity index (χ0) is 14.6. The SMILES string of the molecule is NCC1(CC(=O)NCCc2cc(F)cc(F)c2)CCC1. The molecule has 0 radical (unpaired) electrons. The molecule has 0 bridgehead atoms. The van der Waals surface area contributed by atoms with Gasteiger partial charge in [-0.2, -0.15) is 0 Å². The summed E-state index contributed by atoms with van der Waals surface area (Å²) in [6, 6.07) is 3.40. The van der Waals surface area contributed by atoms with Crippen LogP contribution < -0.4 is 11.1 Å². The molecule has 5 heteroatoms. The summed E-state index contributed by atoms with van der Waals surface area (Å²) >= 11 is 0. The van der Waals surface area contributed by atoms with E-state index in [2.05, 4.69) is 5.32 Å². The van der Waals surface area contributed by atoms with E-state index in [9.17, 15) is 13.6 Å². The van der Waals surface area contributed by atoms with Gasteiger partial charge in [0.15, 0.2) is 0 Å². The van der Waals surface area contributed by atoms with Crippen LogP contribution in [0, 0.1) is 17.0 Å². The Morgan fingerprint density at radius 3 is 2.40 bits per heavy atom. The third-order valence-electron chi connectivity index (χ3n) is 4.04. The van der Waals surface area contributed by atoms with E-state index in [-0.39, 0.29) is 11.3 Å². The molecule has 1 amide bonds. The lowest BCUT2D eigenvalue weighted by Crippen LogP contribution is -2.42. The van der Waals surface area contributed by atoms with Gasteiger partial charge in [-0.1, -0.05) is 6.42 Å². The van der Waals surface area contributed by atoms with E-state index in [4.69, 9.17) is 5.73 Å². The summed E-state index contributed by atoms with van der Waals surface area (Å²) in [5.41, 5.74) is 6.23. The van der Waals surface area contributed by atoms with E-state index >= 15 is 0 Å². The maximum absolute atomic E-state index is 13.0. The van der Waals surface area contributed by atoms with Gasteiger partial charge in [-0.15, -0.1) is 0 Å². The highest BCUT2D eigenvalue weighted by Crippen LogP contribution is 2.42. The van der Waals surface area contributed by atoms with E-state index in [1.807, 2.05) is 0 Å². The van der Waals surface area contributed by atoms with Crippen molar-refractivity contribution >= 4 is 5.91 Å². The van der Waals surface area contributed by atoms with Crippen molar-refractivity contribution in [1.82, 2.24) is 5.32 Å². The number of hydrogen-bond donors (Lipinski definition) is 2. The Kier molecular flexibility index (Phi) is 4.70. The first-order chi connectivity index (χ1) is 9.53. The molecule has 0 aliphatic heterocycles. The van der Waals surface area contributed by atoms with Gasteiger partial charge in [0.05, 0.1) is 0 Å². The number of amides is 1. The van der Waals surface area contributed by atoms with Crippen molar-refractivity contribution in [2.24, 2.45) is 11.1 Å². The number of hydrogen-bond acceptors (Lipinski definition) is 2. The van der Waals surface area contributed by atoms with E-state index in [1.165, 1.54) is 12.1 Å². The maximum Gasteiger partial charge on any atom is 0.220 e. The van der Waals surface area contributed by atoms with Crippen LogP contribution in [0.1, 0.15) is 31.2 Å². The number of carbonyl (C=O) groups excluding carboxylic acids is 1. The Labute approximate surface area is 117 Å². The van der Waals surface area contributed by atoms with Gasteiger partial charge in [-0.3, -0.25) is 4.79 Å². The molecule has 1 aliphatic carbocycles. The molecule has 1 saturated carbocycles. The molecule has 1 aromatic carbocycles. The quantitative estimate of drug-likeness (QED) is 0.840. The molecule has 0 unspecified atom stereocenters. The third kappa shape index (κ3) is 3.76. The summed E-state index contributed by atoms with van der Waals surface area (Å²) in [5.74, 6) is -1.22. The van der Waals surface area contributed by atoms with Gasteiger partial charge in [0.1, 0.15) is 11.6 Å². The topological polar surface area (TPSA) is 55.1 Å². The second-order valence-corrected chi connectivity index (χ2v) is 5.61. The number of halogens is 2. The van der Waals surface area contributed by atoms with Crippen molar-refractivity contribution in [3.8, 4) is 0 Å². The molecular formula is C15H20F2N2O. The summed E-state index contributed by atoms with van der Waals surface area (Å²) in [7, 11) is 0. The Hall–Kier alpha value is -1.49. The van der Waals surface area contributed by atoms with E-state index in [0.717, 1.165) is 25.3 Å². The lowest BCUT2D eigenvalue weighted by atomic mass is 9.66. The monoisotopic (exact) mass is 282 g/mol. The lowest BCUT2D eigenvalue weighted by Gasteiger charge is -2.40. The summed E-state index contributed by atoms with van der Waals surface area (Å²) in [5, 5.41) is 2.79. The molecule has 0 atom stereocenters. The van der Waals surface area contributed by atoms with Crippen molar-refractivity contribution in [3.05, 3.63) is 35.4 Å². The van der Waals surface area contributed by atoms with Crippen molar-refractivity contribution in [2.45, 2.75) is 32.1 Å². The molecule has 1 fully saturated rings. The normalized spacial score (nSPS) is 16.6. The van der Waals surface area contributed by atoms with Gasteiger partial charge < -0.3 is 11.1 Å². The van der Waals surface area contributed by atoms with E-state index in [1.54, 1.807) is 0 Å². The largest absolute Gasteiger partial charge is 0.356 e. The number of benzene rings is 1. The molecule has 1 aliphatic rings. The van der Waals surface area contributed by atoms with E-state index in [0.29, 0.717) is 31.5 Å².